The second-order valence-electron chi connectivity index (χ2n) is 5.60. The number of furan rings is 1. The SMILES string of the molecule is COc1cccc(NC(=O)NCC[C@@H](O)c2cc(C)oc2C)c1OC. The summed E-state index contributed by atoms with van der Waals surface area (Å²) in [4.78, 5) is 12.1. The summed E-state index contributed by atoms with van der Waals surface area (Å²) in [6.07, 6.45) is -0.313. The number of carbonyl (C=O) groups excluding carboxylic acids is 1. The molecule has 7 nitrogen and oxygen atoms in total. The number of ether oxygens (including phenoxy) is 2. The molecule has 25 heavy (non-hydrogen) atoms. The zero-order chi connectivity index (χ0) is 18.4. The predicted octanol–water partition coefficient (Wildman–Crippen LogP) is 3.16. The quantitative estimate of drug-likeness (QED) is 0.715. The summed E-state index contributed by atoms with van der Waals surface area (Å²) in [6, 6.07) is 6.63. The van der Waals surface area contributed by atoms with E-state index in [0.29, 0.717) is 35.9 Å². The van der Waals surface area contributed by atoms with Crippen molar-refractivity contribution in [3.8, 4) is 11.5 Å². The van der Waals surface area contributed by atoms with Crippen LogP contribution in [0.2, 0.25) is 0 Å². The molecule has 1 aromatic carbocycles. The molecule has 0 saturated heterocycles. The minimum absolute atomic E-state index is 0.308. The maximum Gasteiger partial charge on any atom is 0.319 e. The Morgan fingerprint density at radius 2 is 2.04 bits per heavy atom. The number of aryl methyl sites for hydroxylation is 2. The average Bonchev–Trinajstić information content (AvgIpc) is 2.92. The molecule has 0 saturated carbocycles. The van der Waals surface area contributed by atoms with Gasteiger partial charge in [-0.2, -0.15) is 0 Å². The van der Waals surface area contributed by atoms with Crippen LogP contribution in [0, 0.1) is 13.8 Å². The van der Waals surface area contributed by atoms with Crippen molar-refractivity contribution in [1.29, 1.82) is 0 Å². The third kappa shape index (κ3) is 4.67. The number of aliphatic hydroxyl groups excluding tert-OH is 1. The molecule has 0 bridgehead atoms. The highest BCUT2D eigenvalue weighted by molar-refractivity contribution is 5.91. The van der Waals surface area contributed by atoms with E-state index in [-0.39, 0.29) is 6.03 Å². The van der Waals surface area contributed by atoms with Crippen LogP contribution in [0.5, 0.6) is 11.5 Å². The largest absolute Gasteiger partial charge is 0.493 e. The molecule has 7 heteroatoms. The molecule has 0 radical (unpaired) electrons. The van der Waals surface area contributed by atoms with Crippen LogP contribution in [0.3, 0.4) is 0 Å². The first-order valence-corrected chi connectivity index (χ1v) is 7.97. The summed E-state index contributed by atoms with van der Waals surface area (Å²) in [5.74, 6) is 2.42. The monoisotopic (exact) mass is 348 g/mol. The number of methoxy groups -OCH3 is 2. The summed E-state index contributed by atoms with van der Waals surface area (Å²) in [5, 5.41) is 15.6. The van der Waals surface area contributed by atoms with Crippen molar-refractivity contribution in [3.05, 3.63) is 41.3 Å². The number of aliphatic hydroxyl groups is 1. The molecule has 0 unspecified atom stereocenters. The Hall–Kier alpha value is -2.67. The Balaban J connectivity index is 1.88. The Bertz CT molecular complexity index is 726. The second-order valence-corrected chi connectivity index (χ2v) is 5.60. The lowest BCUT2D eigenvalue weighted by molar-refractivity contribution is 0.165. The summed E-state index contributed by atoms with van der Waals surface area (Å²) in [7, 11) is 3.04. The summed E-state index contributed by atoms with van der Waals surface area (Å²) in [5.41, 5.74) is 1.25. The number of anilines is 1. The Morgan fingerprint density at radius 1 is 1.28 bits per heavy atom. The van der Waals surface area contributed by atoms with Gasteiger partial charge in [-0.1, -0.05) is 6.07 Å². The molecular formula is C18H24N2O5. The topological polar surface area (TPSA) is 93.0 Å². The van der Waals surface area contributed by atoms with Gasteiger partial charge in [0.25, 0.3) is 0 Å². The molecule has 1 aromatic heterocycles. The van der Waals surface area contributed by atoms with E-state index in [0.717, 1.165) is 11.3 Å². The van der Waals surface area contributed by atoms with E-state index in [1.165, 1.54) is 14.2 Å². The number of amides is 2. The molecular weight excluding hydrogens is 324 g/mol. The van der Waals surface area contributed by atoms with Crippen molar-refractivity contribution in [1.82, 2.24) is 5.32 Å². The molecule has 3 N–H and O–H groups in total. The van der Waals surface area contributed by atoms with Gasteiger partial charge in [-0.25, -0.2) is 4.79 Å². The zero-order valence-corrected chi connectivity index (χ0v) is 14.9. The van der Waals surface area contributed by atoms with Crippen LogP contribution in [0.15, 0.2) is 28.7 Å². The van der Waals surface area contributed by atoms with Crippen molar-refractivity contribution >= 4 is 11.7 Å². The Labute approximate surface area is 146 Å². The molecule has 0 fully saturated rings. The standard InChI is InChI=1S/C18H24N2O5/c1-11-10-13(12(2)25-11)15(21)8-9-19-18(22)20-14-6-5-7-16(23-3)17(14)24-4/h5-7,10,15,21H,8-9H2,1-4H3,(H2,19,20,22)/t15-/m1/s1. The van der Waals surface area contributed by atoms with E-state index in [1.807, 2.05) is 6.92 Å². The molecule has 0 aliphatic heterocycles. The number of hydrogen-bond donors (Lipinski definition) is 3. The third-order valence-corrected chi connectivity index (χ3v) is 3.79. The lowest BCUT2D eigenvalue weighted by Gasteiger charge is -2.14. The molecule has 0 aliphatic carbocycles. The molecule has 2 amide bonds. The van der Waals surface area contributed by atoms with E-state index in [1.54, 1.807) is 31.2 Å². The number of rotatable bonds is 7. The number of nitrogens with one attached hydrogen (secondary N) is 2. The molecule has 136 valence electrons. The Morgan fingerprint density at radius 3 is 2.64 bits per heavy atom. The average molecular weight is 348 g/mol. The van der Waals surface area contributed by atoms with Crippen LogP contribution in [0.25, 0.3) is 0 Å². The summed E-state index contributed by atoms with van der Waals surface area (Å²) in [6.45, 7) is 3.94. The van der Waals surface area contributed by atoms with Crippen LogP contribution in [0.4, 0.5) is 10.5 Å². The lowest BCUT2D eigenvalue weighted by Crippen LogP contribution is -2.30. The molecule has 0 aliphatic rings. The number of carbonyl (C=O) groups is 1. The highest BCUT2D eigenvalue weighted by atomic mass is 16.5. The van der Waals surface area contributed by atoms with E-state index >= 15 is 0 Å². The van der Waals surface area contributed by atoms with Gasteiger partial charge in [0.15, 0.2) is 11.5 Å². The maximum atomic E-state index is 12.1. The van der Waals surface area contributed by atoms with E-state index in [9.17, 15) is 9.90 Å². The van der Waals surface area contributed by atoms with Crippen molar-refractivity contribution in [2.45, 2.75) is 26.4 Å². The van der Waals surface area contributed by atoms with Crippen molar-refractivity contribution in [2.24, 2.45) is 0 Å². The van der Waals surface area contributed by atoms with Gasteiger partial charge in [0.05, 0.1) is 26.0 Å². The summed E-state index contributed by atoms with van der Waals surface area (Å²) >= 11 is 0. The predicted molar refractivity (Wildman–Crippen MR) is 94.3 cm³/mol. The van der Waals surface area contributed by atoms with Gasteiger partial charge in [-0.05, 0) is 38.5 Å². The van der Waals surface area contributed by atoms with Crippen LogP contribution in [-0.4, -0.2) is 31.9 Å². The van der Waals surface area contributed by atoms with Gasteiger partial charge in [0, 0.05) is 12.1 Å². The fourth-order valence-electron chi connectivity index (χ4n) is 2.61. The number of hydrogen-bond acceptors (Lipinski definition) is 5. The van der Waals surface area contributed by atoms with Gasteiger partial charge in [-0.15, -0.1) is 0 Å². The minimum Gasteiger partial charge on any atom is -0.493 e. The van der Waals surface area contributed by atoms with E-state index < -0.39 is 6.10 Å². The number of benzene rings is 1. The fraction of sp³-hybridized carbons (Fsp3) is 0.389. The third-order valence-electron chi connectivity index (χ3n) is 3.79. The highest BCUT2D eigenvalue weighted by Crippen LogP contribution is 2.34. The molecule has 0 spiro atoms. The Kier molecular flexibility index (Phi) is 6.30. The molecule has 2 aromatic rings. The fourth-order valence-corrected chi connectivity index (χ4v) is 2.61. The van der Waals surface area contributed by atoms with Crippen LogP contribution < -0.4 is 20.1 Å². The highest BCUT2D eigenvalue weighted by Gasteiger charge is 2.15. The van der Waals surface area contributed by atoms with Crippen molar-refractivity contribution < 1.29 is 23.8 Å². The molecule has 1 heterocycles. The molecule has 1 atom stereocenters. The second kappa shape index (κ2) is 8.43. The zero-order valence-electron chi connectivity index (χ0n) is 14.9. The van der Waals surface area contributed by atoms with Crippen LogP contribution >= 0.6 is 0 Å². The molecule has 2 rings (SSSR count). The van der Waals surface area contributed by atoms with Gasteiger partial charge in [-0.3, -0.25) is 0 Å². The first kappa shape index (κ1) is 18.7. The van der Waals surface area contributed by atoms with Crippen molar-refractivity contribution in [3.63, 3.8) is 0 Å². The number of para-hydroxylation sites is 1. The lowest BCUT2D eigenvalue weighted by atomic mass is 10.1. The first-order valence-electron chi connectivity index (χ1n) is 7.97. The van der Waals surface area contributed by atoms with Crippen LogP contribution in [0.1, 0.15) is 29.6 Å². The van der Waals surface area contributed by atoms with Crippen molar-refractivity contribution in [2.75, 3.05) is 26.1 Å². The normalized spacial score (nSPS) is 11.7. The van der Waals surface area contributed by atoms with Gasteiger partial charge < -0.3 is 29.6 Å². The minimum atomic E-state index is -0.691. The van der Waals surface area contributed by atoms with E-state index in [4.69, 9.17) is 13.9 Å². The van der Waals surface area contributed by atoms with Gasteiger partial charge >= 0.3 is 6.03 Å². The summed E-state index contributed by atoms with van der Waals surface area (Å²) < 4.78 is 15.9. The number of urea groups is 1. The van der Waals surface area contributed by atoms with Gasteiger partial charge in [0.1, 0.15) is 11.5 Å². The van der Waals surface area contributed by atoms with E-state index in [2.05, 4.69) is 10.6 Å². The maximum absolute atomic E-state index is 12.1. The van der Waals surface area contributed by atoms with Crippen LogP contribution in [-0.2, 0) is 0 Å². The first-order chi connectivity index (χ1) is 12.0. The van der Waals surface area contributed by atoms with Gasteiger partial charge in [0.2, 0.25) is 0 Å². The smallest absolute Gasteiger partial charge is 0.319 e.